The van der Waals surface area contributed by atoms with Crippen molar-refractivity contribution in [3.8, 4) is 0 Å². The summed E-state index contributed by atoms with van der Waals surface area (Å²) in [5, 5.41) is 9.38. The number of hydrogen-bond donors (Lipinski definition) is 1. The number of halogens is 6. The molecule has 0 aromatic carbocycles. The molecule has 0 unspecified atom stereocenters. The van der Waals surface area contributed by atoms with E-state index in [1.54, 1.807) is 6.07 Å². The minimum absolute atomic E-state index is 0.0803. The molecule has 194 valence electrons. The summed E-state index contributed by atoms with van der Waals surface area (Å²) in [6, 6.07) is 2.98. The summed E-state index contributed by atoms with van der Waals surface area (Å²) in [5.41, 5.74) is 0.801. The van der Waals surface area contributed by atoms with Gasteiger partial charge in [0.2, 0.25) is 10.0 Å². The van der Waals surface area contributed by atoms with E-state index in [9.17, 15) is 40.4 Å². The maximum atomic E-state index is 13.3. The molecule has 1 aromatic heterocycles. The summed E-state index contributed by atoms with van der Waals surface area (Å²) < 4.78 is 88.7. The summed E-state index contributed by atoms with van der Waals surface area (Å²) >= 11 is 5.35. The zero-order chi connectivity index (χ0) is 25.9. The van der Waals surface area contributed by atoms with Gasteiger partial charge in [0, 0.05) is 49.1 Å². The van der Waals surface area contributed by atoms with Crippen LogP contribution in [0.2, 0.25) is 0 Å². The molecule has 0 radical (unpaired) electrons. The van der Waals surface area contributed by atoms with Crippen LogP contribution in [0.5, 0.6) is 0 Å². The van der Waals surface area contributed by atoms with Crippen molar-refractivity contribution in [2.45, 2.75) is 75.1 Å². The average molecular weight is 536 g/mol. The highest BCUT2D eigenvalue weighted by atomic mass is 35.5. The number of alkyl halides is 5. The molecule has 2 heterocycles. The molecule has 1 saturated heterocycles. The van der Waals surface area contributed by atoms with E-state index < -0.39 is 45.6 Å². The molecule has 1 aliphatic heterocycles. The molecule has 1 amide bonds. The summed E-state index contributed by atoms with van der Waals surface area (Å²) in [6.07, 6.45) is -5.70. The smallest absolute Gasteiger partial charge is 0.270 e. The van der Waals surface area contributed by atoms with Crippen LogP contribution >= 0.6 is 11.8 Å². The fourth-order valence-electron chi connectivity index (χ4n) is 4.10. The normalized spacial score (nSPS) is 17.1. The van der Waals surface area contributed by atoms with E-state index in [1.807, 2.05) is 0 Å². The van der Waals surface area contributed by atoms with Gasteiger partial charge in [0.15, 0.2) is 4.75 Å². The lowest BCUT2D eigenvalue weighted by atomic mass is 9.93. The number of amides is 1. The van der Waals surface area contributed by atoms with Crippen LogP contribution in [-0.4, -0.2) is 63.3 Å². The molecule has 0 aliphatic carbocycles. The zero-order valence-corrected chi connectivity index (χ0v) is 20.2. The Balaban J connectivity index is 2.06. The predicted molar refractivity (Wildman–Crippen MR) is 114 cm³/mol. The second-order valence-electron chi connectivity index (χ2n) is 8.24. The van der Waals surface area contributed by atoms with Gasteiger partial charge in [-0.05, 0) is 43.7 Å². The van der Waals surface area contributed by atoms with Crippen molar-refractivity contribution in [3.05, 3.63) is 29.6 Å². The lowest BCUT2D eigenvalue weighted by Gasteiger charge is -2.38. The Hall–Kier alpha value is -1.57. The molecule has 1 fully saturated rings. The van der Waals surface area contributed by atoms with Gasteiger partial charge in [0.25, 0.3) is 5.91 Å². The third kappa shape index (κ3) is 5.63. The third-order valence-electron chi connectivity index (χ3n) is 6.40. The first kappa shape index (κ1) is 28.7. The molecule has 0 saturated carbocycles. The van der Waals surface area contributed by atoms with E-state index in [4.69, 9.17) is 11.8 Å². The van der Waals surface area contributed by atoms with Crippen molar-refractivity contribution < 1.29 is 40.4 Å². The Labute approximate surface area is 200 Å². The highest BCUT2D eigenvalue weighted by Gasteiger charge is 2.56. The van der Waals surface area contributed by atoms with Crippen LogP contribution in [0.15, 0.2) is 18.3 Å². The highest BCUT2D eigenvalue weighted by molar-refractivity contribution is 7.91. The highest BCUT2D eigenvalue weighted by Crippen LogP contribution is 2.39. The molecule has 1 N–H and O–H groups in total. The summed E-state index contributed by atoms with van der Waals surface area (Å²) in [6.45, 7) is 3.19. The number of rotatable bonds is 9. The molecule has 34 heavy (non-hydrogen) atoms. The number of aromatic nitrogens is 1. The van der Waals surface area contributed by atoms with Gasteiger partial charge in [0.1, 0.15) is 0 Å². The maximum Gasteiger partial charge on any atom is 0.453 e. The third-order valence-corrected chi connectivity index (χ3v) is 9.33. The molecular weight excluding hydrogens is 509 g/mol. The Morgan fingerprint density at radius 1 is 1.18 bits per heavy atom. The standard InChI is InChI=1S/C20H27ClF5N3O4S/c1-3-18(4-2,17(30)29(21)31)34(32,33)28-11-8-15(9-12-28)16-6-5-14(13-27-16)7-10-19(22,23)20(24,25)26/h5-6,13,15,31H,3-4,7-12H2,1-2H3. The molecule has 0 atom stereocenters. The van der Waals surface area contributed by atoms with Crippen LogP contribution in [0.4, 0.5) is 22.0 Å². The fraction of sp³-hybridized carbons (Fsp3) is 0.700. The number of pyridine rings is 1. The SMILES string of the molecule is CCC(CC)(C(=O)N(O)Cl)S(=O)(=O)N1CCC(c2ccc(CCC(F)(F)C(F)(F)F)cn2)CC1. The van der Waals surface area contributed by atoms with E-state index in [-0.39, 0.29) is 42.0 Å². The number of nitrogens with zero attached hydrogens (tertiary/aromatic N) is 3. The largest absolute Gasteiger partial charge is 0.453 e. The van der Waals surface area contributed by atoms with Gasteiger partial charge in [-0.25, -0.2) is 12.7 Å². The Morgan fingerprint density at radius 3 is 2.15 bits per heavy atom. The van der Waals surface area contributed by atoms with Gasteiger partial charge in [-0.1, -0.05) is 19.9 Å². The maximum absolute atomic E-state index is 13.3. The first-order valence-electron chi connectivity index (χ1n) is 10.7. The minimum atomic E-state index is -5.61. The van der Waals surface area contributed by atoms with Crippen LogP contribution in [0.1, 0.15) is 63.1 Å². The molecule has 1 aliphatic rings. The predicted octanol–water partition coefficient (Wildman–Crippen LogP) is 4.65. The van der Waals surface area contributed by atoms with Gasteiger partial charge in [0.05, 0.1) is 0 Å². The lowest BCUT2D eigenvalue weighted by molar-refractivity contribution is -0.284. The number of piperidine rings is 1. The van der Waals surface area contributed by atoms with Gasteiger partial charge in [-0.2, -0.15) is 22.0 Å². The Kier molecular flexibility index (Phi) is 8.93. The van der Waals surface area contributed by atoms with E-state index in [0.717, 1.165) is 0 Å². The molecule has 1 aromatic rings. The number of aryl methyl sites for hydroxylation is 1. The van der Waals surface area contributed by atoms with Crippen molar-refractivity contribution in [2.24, 2.45) is 0 Å². The average Bonchev–Trinajstić information content (AvgIpc) is 2.78. The second kappa shape index (κ2) is 10.6. The molecule has 7 nitrogen and oxygen atoms in total. The molecule has 14 heteroatoms. The quantitative estimate of drug-likeness (QED) is 0.215. The minimum Gasteiger partial charge on any atom is -0.270 e. The van der Waals surface area contributed by atoms with E-state index in [0.29, 0.717) is 18.5 Å². The summed E-state index contributed by atoms with van der Waals surface area (Å²) in [7, 11) is -4.16. The number of carbonyl (C=O) groups excluding carboxylic acids is 1. The Morgan fingerprint density at radius 2 is 1.74 bits per heavy atom. The fourth-order valence-corrected chi connectivity index (χ4v) is 6.54. The van der Waals surface area contributed by atoms with Gasteiger partial charge in [-0.3, -0.25) is 15.0 Å². The van der Waals surface area contributed by atoms with Gasteiger partial charge >= 0.3 is 12.1 Å². The second-order valence-corrected chi connectivity index (χ2v) is 10.8. The first-order chi connectivity index (χ1) is 15.6. The summed E-state index contributed by atoms with van der Waals surface area (Å²) in [4.78, 5) is 16.6. The van der Waals surface area contributed by atoms with Crippen LogP contribution in [-0.2, 0) is 21.2 Å². The number of sulfonamides is 1. The molecule has 0 spiro atoms. The van der Waals surface area contributed by atoms with Crippen molar-refractivity contribution in [3.63, 3.8) is 0 Å². The van der Waals surface area contributed by atoms with Crippen molar-refractivity contribution >= 4 is 27.7 Å². The monoisotopic (exact) mass is 535 g/mol. The van der Waals surface area contributed by atoms with Crippen molar-refractivity contribution in [1.29, 1.82) is 0 Å². The first-order valence-corrected chi connectivity index (χ1v) is 12.5. The zero-order valence-electron chi connectivity index (χ0n) is 18.7. The van der Waals surface area contributed by atoms with Crippen molar-refractivity contribution in [1.82, 2.24) is 13.9 Å². The van der Waals surface area contributed by atoms with Crippen LogP contribution in [0, 0.1) is 0 Å². The lowest BCUT2D eigenvalue weighted by Crippen LogP contribution is -2.57. The topological polar surface area (TPSA) is 90.8 Å². The number of carbonyl (C=O) groups is 1. The van der Waals surface area contributed by atoms with E-state index in [1.165, 1.54) is 30.4 Å². The van der Waals surface area contributed by atoms with E-state index >= 15 is 0 Å². The number of hydrogen-bond acceptors (Lipinski definition) is 5. The van der Waals surface area contributed by atoms with Crippen molar-refractivity contribution in [2.75, 3.05) is 13.1 Å². The molecule has 2 rings (SSSR count). The van der Waals surface area contributed by atoms with Gasteiger partial charge < -0.3 is 0 Å². The Bertz CT molecular complexity index is 946. The summed E-state index contributed by atoms with van der Waals surface area (Å²) in [5.74, 6) is -6.07. The van der Waals surface area contributed by atoms with Crippen LogP contribution in [0.3, 0.4) is 0 Å². The van der Waals surface area contributed by atoms with Gasteiger partial charge in [-0.15, -0.1) is 4.58 Å². The molecular formula is C20H27ClF5N3O4S. The molecule has 0 bridgehead atoms. The number of hydroxylamine groups is 1. The van der Waals surface area contributed by atoms with Crippen LogP contribution < -0.4 is 0 Å². The van der Waals surface area contributed by atoms with Crippen LogP contribution in [0.25, 0.3) is 0 Å². The van der Waals surface area contributed by atoms with E-state index in [2.05, 4.69) is 4.98 Å².